The van der Waals surface area contributed by atoms with E-state index in [4.69, 9.17) is 0 Å². The molecule has 0 radical (unpaired) electrons. The lowest BCUT2D eigenvalue weighted by molar-refractivity contribution is -0.117. The minimum absolute atomic E-state index is 0.146. The number of aryl methyl sites for hydroxylation is 1. The lowest BCUT2D eigenvalue weighted by Crippen LogP contribution is -2.25. The maximum absolute atomic E-state index is 11.8. The second-order valence-electron chi connectivity index (χ2n) is 3.96. The maximum Gasteiger partial charge on any atom is 0.227 e. The summed E-state index contributed by atoms with van der Waals surface area (Å²) in [5.41, 5.74) is 1.77. The second kappa shape index (κ2) is 4.37. The van der Waals surface area contributed by atoms with E-state index in [1.165, 1.54) is 0 Å². The van der Waals surface area contributed by atoms with Gasteiger partial charge in [0.2, 0.25) is 5.91 Å². The van der Waals surface area contributed by atoms with Crippen molar-refractivity contribution >= 4 is 27.5 Å². The molecule has 4 heteroatoms. The molecule has 0 bridgehead atoms. The summed E-state index contributed by atoms with van der Waals surface area (Å²) >= 11 is 3.37. The zero-order valence-electron chi connectivity index (χ0n) is 9.11. The Morgan fingerprint density at radius 2 is 2.44 bits per heavy atom. The van der Waals surface area contributed by atoms with Gasteiger partial charge in [-0.3, -0.25) is 9.78 Å². The number of halogens is 1. The van der Waals surface area contributed by atoms with Crippen LogP contribution >= 0.6 is 15.9 Å². The van der Waals surface area contributed by atoms with Gasteiger partial charge < -0.3 is 4.90 Å². The number of rotatable bonds is 2. The van der Waals surface area contributed by atoms with E-state index in [1.54, 1.807) is 11.1 Å². The predicted molar refractivity (Wildman–Crippen MR) is 67.3 cm³/mol. The number of aromatic nitrogens is 1. The lowest BCUT2D eigenvalue weighted by Gasteiger charge is -2.18. The summed E-state index contributed by atoms with van der Waals surface area (Å²) in [5.74, 6) is 0.402. The van der Waals surface area contributed by atoms with Crippen LogP contribution in [0.5, 0.6) is 0 Å². The zero-order valence-corrected chi connectivity index (χ0v) is 10.7. The molecule has 0 N–H and O–H groups in total. The van der Waals surface area contributed by atoms with Crippen molar-refractivity contribution in [2.24, 2.45) is 5.92 Å². The topological polar surface area (TPSA) is 33.2 Å². The summed E-state index contributed by atoms with van der Waals surface area (Å²) in [5, 5.41) is 0. The third-order valence-electron chi connectivity index (χ3n) is 2.81. The molecule has 1 unspecified atom stereocenters. The van der Waals surface area contributed by atoms with E-state index in [-0.39, 0.29) is 11.8 Å². The van der Waals surface area contributed by atoms with Crippen LogP contribution in [0.15, 0.2) is 29.4 Å². The highest BCUT2D eigenvalue weighted by molar-refractivity contribution is 9.10. The van der Waals surface area contributed by atoms with Gasteiger partial charge in [-0.1, -0.05) is 6.08 Å². The van der Waals surface area contributed by atoms with Crippen LogP contribution in [0.25, 0.3) is 0 Å². The van der Waals surface area contributed by atoms with E-state index in [0.29, 0.717) is 13.0 Å². The quantitative estimate of drug-likeness (QED) is 0.781. The van der Waals surface area contributed by atoms with Crippen molar-refractivity contribution in [1.82, 2.24) is 4.98 Å². The Hall–Kier alpha value is -1.16. The minimum atomic E-state index is 0.146. The molecule has 1 aliphatic rings. The third kappa shape index (κ3) is 2.02. The molecule has 2 heterocycles. The summed E-state index contributed by atoms with van der Waals surface area (Å²) in [7, 11) is 0. The van der Waals surface area contributed by atoms with Gasteiger partial charge in [-0.25, -0.2) is 0 Å². The van der Waals surface area contributed by atoms with Crippen molar-refractivity contribution in [1.29, 1.82) is 0 Å². The molecule has 0 saturated carbocycles. The van der Waals surface area contributed by atoms with Crippen molar-refractivity contribution in [3.8, 4) is 0 Å². The number of hydrogen-bond donors (Lipinski definition) is 0. The third-order valence-corrected chi connectivity index (χ3v) is 3.24. The Morgan fingerprint density at radius 3 is 3.06 bits per heavy atom. The molecule has 0 spiro atoms. The molecule has 1 amide bonds. The molecule has 1 fully saturated rings. The van der Waals surface area contributed by atoms with Gasteiger partial charge in [-0.15, -0.1) is 6.58 Å². The summed E-state index contributed by atoms with van der Waals surface area (Å²) in [6.45, 7) is 6.36. The van der Waals surface area contributed by atoms with Crippen LogP contribution in [-0.4, -0.2) is 17.4 Å². The Bertz CT molecular complexity index is 445. The van der Waals surface area contributed by atoms with Crippen molar-refractivity contribution < 1.29 is 4.79 Å². The van der Waals surface area contributed by atoms with Gasteiger partial charge in [0.05, 0.1) is 11.4 Å². The van der Waals surface area contributed by atoms with E-state index in [1.807, 2.05) is 19.1 Å². The van der Waals surface area contributed by atoms with Crippen molar-refractivity contribution in [2.45, 2.75) is 13.3 Å². The van der Waals surface area contributed by atoms with Gasteiger partial charge in [0.15, 0.2) is 0 Å². The summed E-state index contributed by atoms with van der Waals surface area (Å²) in [6, 6.07) is 1.94. The summed E-state index contributed by atoms with van der Waals surface area (Å²) in [4.78, 5) is 17.9. The van der Waals surface area contributed by atoms with Crippen LogP contribution in [0.3, 0.4) is 0 Å². The van der Waals surface area contributed by atoms with Crippen LogP contribution in [0, 0.1) is 12.8 Å². The predicted octanol–water partition coefficient (Wildman–Crippen LogP) is 2.69. The molecule has 1 aliphatic heterocycles. The molecule has 0 aromatic carbocycles. The molecule has 1 saturated heterocycles. The molecule has 84 valence electrons. The fourth-order valence-corrected chi connectivity index (χ4v) is 2.22. The maximum atomic E-state index is 11.8. The summed E-state index contributed by atoms with van der Waals surface area (Å²) in [6.07, 6.45) is 4.14. The molecule has 2 rings (SSSR count). The van der Waals surface area contributed by atoms with Gasteiger partial charge in [0.1, 0.15) is 0 Å². The number of hydrogen-bond acceptors (Lipinski definition) is 2. The van der Waals surface area contributed by atoms with Gasteiger partial charge in [-0.05, 0) is 28.9 Å². The van der Waals surface area contributed by atoms with Crippen LogP contribution < -0.4 is 4.90 Å². The average Bonchev–Trinajstić information content (AvgIpc) is 2.63. The average molecular weight is 281 g/mol. The molecular weight excluding hydrogens is 268 g/mol. The number of nitrogens with zero attached hydrogens (tertiary/aromatic N) is 2. The van der Waals surface area contributed by atoms with E-state index >= 15 is 0 Å². The number of amides is 1. The highest BCUT2D eigenvalue weighted by atomic mass is 79.9. The van der Waals surface area contributed by atoms with Crippen LogP contribution in [0.4, 0.5) is 5.69 Å². The SMILES string of the molecule is C=CC1CC(=O)N(c2cc(Br)cnc2C)C1. The second-order valence-corrected chi connectivity index (χ2v) is 4.88. The number of anilines is 1. The monoisotopic (exact) mass is 280 g/mol. The lowest BCUT2D eigenvalue weighted by atomic mass is 10.1. The molecular formula is C12H13BrN2O. The fourth-order valence-electron chi connectivity index (χ4n) is 1.90. The zero-order chi connectivity index (χ0) is 11.7. The molecule has 16 heavy (non-hydrogen) atoms. The normalized spacial score (nSPS) is 20.2. The Labute approximate surface area is 103 Å². The van der Waals surface area contributed by atoms with Crippen LogP contribution in [-0.2, 0) is 4.79 Å². The van der Waals surface area contributed by atoms with Crippen molar-refractivity contribution in [3.63, 3.8) is 0 Å². The van der Waals surface area contributed by atoms with Crippen LogP contribution in [0.1, 0.15) is 12.1 Å². The highest BCUT2D eigenvalue weighted by Crippen LogP contribution is 2.29. The number of carbonyl (C=O) groups is 1. The molecule has 1 atom stereocenters. The number of carbonyl (C=O) groups excluding carboxylic acids is 1. The van der Waals surface area contributed by atoms with E-state index in [9.17, 15) is 4.79 Å². The van der Waals surface area contributed by atoms with Crippen molar-refractivity contribution in [2.75, 3.05) is 11.4 Å². The molecule has 3 nitrogen and oxygen atoms in total. The minimum Gasteiger partial charge on any atom is -0.310 e. The first-order valence-electron chi connectivity index (χ1n) is 5.17. The Kier molecular flexibility index (Phi) is 3.10. The fraction of sp³-hybridized carbons (Fsp3) is 0.333. The van der Waals surface area contributed by atoms with Gasteiger partial charge in [0, 0.05) is 29.6 Å². The first kappa shape index (κ1) is 11.3. The van der Waals surface area contributed by atoms with Gasteiger partial charge in [0.25, 0.3) is 0 Å². The van der Waals surface area contributed by atoms with Gasteiger partial charge >= 0.3 is 0 Å². The first-order valence-corrected chi connectivity index (χ1v) is 5.96. The van der Waals surface area contributed by atoms with Gasteiger partial charge in [-0.2, -0.15) is 0 Å². The van der Waals surface area contributed by atoms with E-state index in [0.717, 1.165) is 15.9 Å². The molecule has 0 aliphatic carbocycles. The largest absolute Gasteiger partial charge is 0.310 e. The van der Waals surface area contributed by atoms with E-state index in [2.05, 4.69) is 27.5 Å². The molecule has 1 aromatic heterocycles. The number of pyridine rings is 1. The smallest absolute Gasteiger partial charge is 0.227 e. The van der Waals surface area contributed by atoms with E-state index < -0.39 is 0 Å². The van der Waals surface area contributed by atoms with Crippen molar-refractivity contribution in [3.05, 3.63) is 35.1 Å². The highest BCUT2D eigenvalue weighted by Gasteiger charge is 2.29. The standard InChI is InChI=1S/C12H13BrN2O/c1-3-9-4-12(16)15(7-9)11-5-10(13)6-14-8(11)2/h3,5-6,9H,1,4,7H2,2H3. The molecule has 1 aromatic rings. The summed E-state index contributed by atoms with van der Waals surface area (Å²) < 4.78 is 0.892. The Balaban J connectivity index is 2.34. The Morgan fingerprint density at radius 1 is 1.69 bits per heavy atom. The first-order chi connectivity index (χ1) is 7.61. The van der Waals surface area contributed by atoms with Crippen LogP contribution in [0.2, 0.25) is 0 Å².